The van der Waals surface area contributed by atoms with Gasteiger partial charge in [-0.1, -0.05) is 29.4 Å². The average Bonchev–Trinajstić information content (AvgIpc) is 2.32. The molecule has 0 atom stereocenters. The number of nitrogens with one attached hydrogen (secondary N) is 1. The normalized spacial score (nSPS) is 10.3. The summed E-state index contributed by atoms with van der Waals surface area (Å²) in [5, 5.41) is 8.31. The number of nitrogen functional groups attached to an aromatic ring is 1. The van der Waals surface area contributed by atoms with Gasteiger partial charge in [0.1, 0.15) is 5.84 Å². The Morgan fingerprint density at radius 2 is 1.83 bits per heavy atom. The summed E-state index contributed by atoms with van der Waals surface area (Å²) in [5.41, 5.74) is 7.51. The van der Waals surface area contributed by atoms with E-state index in [4.69, 9.17) is 22.7 Å². The molecule has 2 rings (SSSR count). The highest BCUT2D eigenvalue weighted by Crippen LogP contribution is 2.31. The van der Waals surface area contributed by atoms with Gasteiger partial charge in [0, 0.05) is 20.4 Å². The summed E-state index contributed by atoms with van der Waals surface area (Å²) < 4.78 is 0. The van der Waals surface area contributed by atoms with Gasteiger partial charge in [-0.25, -0.2) is 0 Å². The molecule has 0 fully saturated rings. The lowest BCUT2D eigenvalue weighted by molar-refractivity contribution is 1.29. The molecule has 2 aromatic rings. The Labute approximate surface area is 116 Å². The van der Waals surface area contributed by atoms with Crippen molar-refractivity contribution in [2.45, 2.75) is 16.7 Å². The van der Waals surface area contributed by atoms with E-state index in [1.165, 1.54) is 0 Å². The van der Waals surface area contributed by atoms with Crippen molar-refractivity contribution in [1.82, 2.24) is 0 Å². The van der Waals surface area contributed by atoms with E-state index in [0.29, 0.717) is 0 Å². The molecule has 2 nitrogen and oxygen atoms in total. The zero-order valence-electron chi connectivity index (χ0n) is 9.91. The molecule has 0 saturated carbocycles. The smallest absolute Gasteiger partial charge is 0.123 e. The zero-order valence-corrected chi connectivity index (χ0v) is 11.5. The van der Waals surface area contributed by atoms with Gasteiger partial charge in [0.25, 0.3) is 0 Å². The lowest BCUT2D eigenvalue weighted by Gasteiger charge is -2.09. The number of amidine groups is 1. The first-order valence-electron chi connectivity index (χ1n) is 5.45. The molecule has 2 aromatic carbocycles. The number of rotatable bonds is 3. The highest BCUT2D eigenvalue weighted by Gasteiger charge is 2.07. The molecule has 4 heteroatoms. The van der Waals surface area contributed by atoms with Crippen LogP contribution in [0.2, 0.25) is 5.02 Å². The molecule has 0 aliphatic rings. The first kappa shape index (κ1) is 13.0. The van der Waals surface area contributed by atoms with E-state index >= 15 is 0 Å². The maximum atomic E-state index is 7.59. The van der Waals surface area contributed by atoms with Crippen LogP contribution in [0.4, 0.5) is 0 Å². The molecule has 0 aromatic heterocycles. The molecular formula is C14H13ClN2S. The summed E-state index contributed by atoms with van der Waals surface area (Å²) in [7, 11) is 0. The molecular weight excluding hydrogens is 264 g/mol. The molecule has 0 aliphatic carbocycles. The Bertz CT molecular complexity index is 579. The summed E-state index contributed by atoms with van der Waals surface area (Å²) in [5.74, 6) is 0.0893. The number of nitrogens with two attached hydrogens (primary N) is 1. The van der Waals surface area contributed by atoms with Crippen molar-refractivity contribution < 1.29 is 0 Å². The first-order chi connectivity index (χ1) is 8.56. The lowest BCUT2D eigenvalue weighted by Crippen LogP contribution is -2.12. The number of hydrogen-bond donors (Lipinski definition) is 2. The maximum absolute atomic E-state index is 7.59. The quantitative estimate of drug-likeness (QED) is 0.655. The second-order valence-corrected chi connectivity index (χ2v) is 5.52. The third-order valence-electron chi connectivity index (χ3n) is 2.47. The minimum Gasteiger partial charge on any atom is -0.384 e. The molecule has 18 heavy (non-hydrogen) atoms. The van der Waals surface area contributed by atoms with Crippen molar-refractivity contribution in [3.63, 3.8) is 0 Å². The van der Waals surface area contributed by atoms with E-state index in [-0.39, 0.29) is 5.84 Å². The topological polar surface area (TPSA) is 49.9 Å². The molecule has 0 unspecified atom stereocenters. The predicted octanol–water partition coefficient (Wildman–Crippen LogP) is 4.08. The van der Waals surface area contributed by atoms with Crippen molar-refractivity contribution in [2.75, 3.05) is 0 Å². The fraction of sp³-hybridized carbons (Fsp3) is 0.0714. The molecule has 0 saturated heterocycles. The highest BCUT2D eigenvalue weighted by molar-refractivity contribution is 7.99. The Hall–Kier alpha value is -1.45. The Kier molecular flexibility index (Phi) is 3.94. The van der Waals surface area contributed by atoms with Crippen LogP contribution in [0.25, 0.3) is 0 Å². The molecule has 92 valence electrons. The number of hydrogen-bond acceptors (Lipinski definition) is 2. The molecule has 0 heterocycles. The van der Waals surface area contributed by atoms with Crippen molar-refractivity contribution >= 4 is 29.2 Å². The standard InChI is InChI=1S/C14H13ClN2S/c1-9-2-7-12(14(16)17)13(8-9)18-11-5-3-10(15)4-6-11/h2-8H,1H3,(H3,16,17). The minimum absolute atomic E-state index is 0.0893. The van der Waals surface area contributed by atoms with Gasteiger partial charge in [-0.2, -0.15) is 0 Å². The molecule has 0 radical (unpaired) electrons. The van der Waals surface area contributed by atoms with E-state index in [1.807, 2.05) is 49.4 Å². The lowest BCUT2D eigenvalue weighted by atomic mass is 10.1. The summed E-state index contributed by atoms with van der Waals surface area (Å²) in [6, 6.07) is 13.5. The van der Waals surface area contributed by atoms with Gasteiger partial charge in [-0.05, 0) is 48.9 Å². The van der Waals surface area contributed by atoms with Gasteiger partial charge in [0.05, 0.1) is 0 Å². The molecule has 0 spiro atoms. The Balaban J connectivity index is 2.35. The number of halogens is 1. The Morgan fingerprint density at radius 3 is 2.44 bits per heavy atom. The van der Waals surface area contributed by atoms with Gasteiger partial charge in [0.2, 0.25) is 0 Å². The number of benzene rings is 2. The minimum atomic E-state index is 0.0893. The van der Waals surface area contributed by atoms with Gasteiger partial charge in [0.15, 0.2) is 0 Å². The molecule has 0 amide bonds. The summed E-state index contributed by atoms with van der Waals surface area (Å²) >= 11 is 7.44. The highest BCUT2D eigenvalue weighted by atomic mass is 35.5. The molecule has 0 aliphatic heterocycles. The number of aryl methyl sites for hydroxylation is 1. The van der Waals surface area contributed by atoms with Gasteiger partial charge >= 0.3 is 0 Å². The van der Waals surface area contributed by atoms with Crippen LogP contribution < -0.4 is 5.73 Å². The van der Waals surface area contributed by atoms with E-state index in [2.05, 4.69) is 0 Å². The van der Waals surface area contributed by atoms with E-state index in [1.54, 1.807) is 11.8 Å². The van der Waals surface area contributed by atoms with E-state index in [0.717, 1.165) is 25.9 Å². The van der Waals surface area contributed by atoms with E-state index in [9.17, 15) is 0 Å². The first-order valence-corrected chi connectivity index (χ1v) is 6.64. The van der Waals surface area contributed by atoms with Crippen LogP contribution in [-0.2, 0) is 0 Å². The van der Waals surface area contributed by atoms with Crippen LogP contribution in [0.1, 0.15) is 11.1 Å². The SMILES string of the molecule is Cc1ccc(C(=N)N)c(Sc2ccc(Cl)cc2)c1. The third kappa shape index (κ3) is 3.06. The van der Waals surface area contributed by atoms with Crippen LogP contribution in [-0.4, -0.2) is 5.84 Å². The van der Waals surface area contributed by atoms with Gasteiger partial charge in [-0.3, -0.25) is 5.41 Å². The fourth-order valence-electron chi connectivity index (χ4n) is 1.57. The Morgan fingerprint density at radius 1 is 1.17 bits per heavy atom. The van der Waals surface area contributed by atoms with Crippen LogP contribution in [0.3, 0.4) is 0 Å². The van der Waals surface area contributed by atoms with Crippen molar-refractivity contribution in [1.29, 1.82) is 5.41 Å². The van der Waals surface area contributed by atoms with Crippen molar-refractivity contribution in [3.05, 3.63) is 58.6 Å². The molecule has 0 bridgehead atoms. The average molecular weight is 277 g/mol. The van der Waals surface area contributed by atoms with Crippen molar-refractivity contribution in [3.8, 4) is 0 Å². The largest absolute Gasteiger partial charge is 0.384 e. The van der Waals surface area contributed by atoms with Crippen LogP contribution >= 0.6 is 23.4 Å². The van der Waals surface area contributed by atoms with Crippen LogP contribution in [0.15, 0.2) is 52.3 Å². The van der Waals surface area contributed by atoms with Gasteiger partial charge in [-0.15, -0.1) is 0 Å². The maximum Gasteiger partial charge on any atom is 0.123 e. The van der Waals surface area contributed by atoms with Gasteiger partial charge < -0.3 is 5.73 Å². The predicted molar refractivity (Wildman–Crippen MR) is 77.8 cm³/mol. The van der Waals surface area contributed by atoms with Crippen LogP contribution in [0.5, 0.6) is 0 Å². The second-order valence-electron chi connectivity index (χ2n) is 3.97. The van der Waals surface area contributed by atoms with Crippen molar-refractivity contribution in [2.24, 2.45) is 5.73 Å². The monoisotopic (exact) mass is 276 g/mol. The fourth-order valence-corrected chi connectivity index (χ4v) is 2.75. The summed E-state index contributed by atoms with van der Waals surface area (Å²) in [4.78, 5) is 2.07. The van der Waals surface area contributed by atoms with E-state index < -0.39 is 0 Å². The third-order valence-corrected chi connectivity index (χ3v) is 3.79. The summed E-state index contributed by atoms with van der Waals surface area (Å²) in [6.45, 7) is 2.02. The van der Waals surface area contributed by atoms with Crippen LogP contribution in [0, 0.1) is 12.3 Å². The second kappa shape index (κ2) is 5.46. The molecule has 3 N–H and O–H groups in total. The zero-order chi connectivity index (χ0) is 13.1. The summed E-state index contributed by atoms with van der Waals surface area (Å²) in [6.07, 6.45) is 0.